The van der Waals surface area contributed by atoms with Crippen LogP contribution >= 0.6 is 23.2 Å². The fourth-order valence-corrected chi connectivity index (χ4v) is 2.61. The molecule has 0 aliphatic rings. The Morgan fingerprint density at radius 1 is 0.900 bits per heavy atom. The summed E-state index contributed by atoms with van der Waals surface area (Å²) >= 11 is 11.9. The Kier molecular flexibility index (Phi) is 5.38. The van der Waals surface area contributed by atoms with Gasteiger partial charge in [-0.15, -0.1) is 11.6 Å². The summed E-state index contributed by atoms with van der Waals surface area (Å²) in [5, 5.41) is 0.684. The summed E-state index contributed by atoms with van der Waals surface area (Å²) < 4.78 is 26.1. The van der Waals surface area contributed by atoms with E-state index in [2.05, 4.69) is 0 Å². The summed E-state index contributed by atoms with van der Waals surface area (Å²) in [6, 6.07) is 11.6. The quantitative estimate of drug-likeness (QED) is 0.660. The fraction of sp³-hybridized carbons (Fsp3) is 0.250. The van der Waals surface area contributed by atoms with Crippen LogP contribution in [0.1, 0.15) is 11.1 Å². The zero-order valence-electron chi connectivity index (χ0n) is 10.8. The van der Waals surface area contributed by atoms with Crippen molar-refractivity contribution in [2.75, 3.05) is 5.88 Å². The molecule has 2 aromatic rings. The number of benzene rings is 2. The molecule has 0 N–H and O–H groups in total. The summed E-state index contributed by atoms with van der Waals surface area (Å²) in [6.45, 7) is 0. The van der Waals surface area contributed by atoms with E-state index in [0.29, 0.717) is 17.3 Å². The van der Waals surface area contributed by atoms with Crippen LogP contribution in [0.4, 0.5) is 8.78 Å². The fourth-order valence-electron chi connectivity index (χ4n) is 2.18. The molecule has 0 amide bonds. The van der Waals surface area contributed by atoms with E-state index in [4.69, 9.17) is 23.2 Å². The molecule has 1 unspecified atom stereocenters. The molecule has 2 aromatic carbocycles. The average molecular weight is 315 g/mol. The number of halogens is 4. The lowest BCUT2D eigenvalue weighted by Gasteiger charge is -2.14. The second kappa shape index (κ2) is 7.05. The molecule has 0 fully saturated rings. The molecule has 106 valence electrons. The first-order valence-corrected chi connectivity index (χ1v) is 7.24. The minimum atomic E-state index is -0.828. The average Bonchev–Trinajstić information content (AvgIpc) is 2.42. The molecule has 0 saturated carbocycles. The van der Waals surface area contributed by atoms with Crippen molar-refractivity contribution in [2.24, 2.45) is 5.92 Å². The molecule has 0 radical (unpaired) electrons. The Bertz CT molecular complexity index is 584. The first-order chi connectivity index (χ1) is 9.58. The molecule has 1 atom stereocenters. The van der Waals surface area contributed by atoms with Crippen LogP contribution < -0.4 is 0 Å². The van der Waals surface area contributed by atoms with Crippen LogP contribution in [0, 0.1) is 17.6 Å². The van der Waals surface area contributed by atoms with Crippen LogP contribution in [0.25, 0.3) is 0 Å². The molecule has 0 heterocycles. The van der Waals surface area contributed by atoms with Gasteiger partial charge < -0.3 is 0 Å². The van der Waals surface area contributed by atoms with E-state index < -0.39 is 11.6 Å². The van der Waals surface area contributed by atoms with Gasteiger partial charge >= 0.3 is 0 Å². The zero-order chi connectivity index (χ0) is 14.5. The summed E-state index contributed by atoms with van der Waals surface area (Å²) in [5.41, 5.74) is 1.84. The zero-order valence-corrected chi connectivity index (χ0v) is 12.3. The third-order valence-electron chi connectivity index (χ3n) is 3.14. The highest BCUT2D eigenvalue weighted by atomic mass is 35.5. The maximum absolute atomic E-state index is 13.2. The first kappa shape index (κ1) is 15.3. The predicted molar refractivity (Wildman–Crippen MR) is 79.4 cm³/mol. The first-order valence-electron chi connectivity index (χ1n) is 6.33. The van der Waals surface area contributed by atoms with E-state index in [1.807, 2.05) is 24.3 Å². The van der Waals surface area contributed by atoms with Gasteiger partial charge in [0.1, 0.15) is 0 Å². The Labute approximate surface area is 127 Å². The molecule has 0 nitrogen and oxygen atoms in total. The third kappa shape index (κ3) is 4.19. The molecule has 0 spiro atoms. The van der Waals surface area contributed by atoms with Gasteiger partial charge in [-0.25, -0.2) is 8.78 Å². The molecule has 20 heavy (non-hydrogen) atoms. The van der Waals surface area contributed by atoms with Crippen molar-refractivity contribution < 1.29 is 8.78 Å². The van der Waals surface area contributed by atoms with Gasteiger partial charge in [0.05, 0.1) is 0 Å². The molecule has 2 rings (SSSR count). The SMILES string of the molecule is Fc1ccc(CC(CCl)Cc2cccc(Cl)c2)cc1F. The minimum absolute atomic E-state index is 0.153. The molecule has 4 heteroatoms. The molecular weight excluding hydrogens is 301 g/mol. The summed E-state index contributed by atoms with van der Waals surface area (Å²) in [5.74, 6) is -1.05. The summed E-state index contributed by atoms with van der Waals surface area (Å²) in [7, 11) is 0. The number of hydrogen-bond donors (Lipinski definition) is 0. The van der Waals surface area contributed by atoms with Gasteiger partial charge in [0.25, 0.3) is 0 Å². The largest absolute Gasteiger partial charge is 0.204 e. The standard InChI is InChI=1S/C16H14Cl2F2/c17-10-13(6-11-2-1-3-14(18)8-11)7-12-4-5-15(19)16(20)9-12/h1-5,8-9,13H,6-7,10H2. The maximum atomic E-state index is 13.2. The van der Waals surface area contributed by atoms with E-state index in [1.165, 1.54) is 6.07 Å². The van der Waals surface area contributed by atoms with E-state index in [0.717, 1.165) is 23.6 Å². The van der Waals surface area contributed by atoms with Gasteiger partial charge in [-0.05, 0) is 54.2 Å². The molecule has 0 saturated heterocycles. The van der Waals surface area contributed by atoms with Crippen molar-refractivity contribution in [3.63, 3.8) is 0 Å². The van der Waals surface area contributed by atoms with Gasteiger partial charge in [0, 0.05) is 10.9 Å². The van der Waals surface area contributed by atoms with Crippen LogP contribution in [-0.2, 0) is 12.8 Å². The smallest absolute Gasteiger partial charge is 0.159 e. The highest BCUT2D eigenvalue weighted by Crippen LogP contribution is 2.20. The topological polar surface area (TPSA) is 0 Å². The number of hydrogen-bond acceptors (Lipinski definition) is 0. The van der Waals surface area contributed by atoms with Crippen LogP contribution in [0.2, 0.25) is 5.02 Å². The Balaban J connectivity index is 2.07. The van der Waals surface area contributed by atoms with E-state index in [1.54, 1.807) is 6.07 Å². The molecule has 0 aromatic heterocycles. The lowest BCUT2D eigenvalue weighted by molar-refractivity contribution is 0.503. The number of rotatable bonds is 5. The van der Waals surface area contributed by atoms with E-state index in [9.17, 15) is 8.78 Å². The second-order valence-electron chi connectivity index (χ2n) is 4.81. The van der Waals surface area contributed by atoms with Gasteiger partial charge in [-0.3, -0.25) is 0 Å². The predicted octanol–water partition coefficient (Wildman–Crippen LogP) is 5.26. The van der Waals surface area contributed by atoms with Gasteiger partial charge in [-0.2, -0.15) is 0 Å². The summed E-state index contributed by atoms with van der Waals surface area (Å²) in [6.07, 6.45) is 1.36. The van der Waals surface area contributed by atoms with Gasteiger partial charge in [0.2, 0.25) is 0 Å². The van der Waals surface area contributed by atoms with Crippen molar-refractivity contribution in [1.29, 1.82) is 0 Å². The van der Waals surface area contributed by atoms with Crippen LogP contribution in [0.5, 0.6) is 0 Å². The van der Waals surface area contributed by atoms with E-state index >= 15 is 0 Å². The molecule has 0 bridgehead atoms. The molecular formula is C16H14Cl2F2. The van der Waals surface area contributed by atoms with Gasteiger partial charge in [-0.1, -0.05) is 29.8 Å². The van der Waals surface area contributed by atoms with E-state index in [-0.39, 0.29) is 5.92 Å². The molecule has 0 aliphatic carbocycles. The van der Waals surface area contributed by atoms with Crippen molar-refractivity contribution in [3.8, 4) is 0 Å². The van der Waals surface area contributed by atoms with Crippen molar-refractivity contribution in [2.45, 2.75) is 12.8 Å². The van der Waals surface area contributed by atoms with Crippen LogP contribution in [-0.4, -0.2) is 5.88 Å². The second-order valence-corrected chi connectivity index (χ2v) is 5.55. The normalized spacial score (nSPS) is 12.4. The van der Waals surface area contributed by atoms with Crippen molar-refractivity contribution in [3.05, 3.63) is 70.2 Å². The van der Waals surface area contributed by atoms with Crippen LogP contribution in [0.3, 0.4) is 0 Å². The summed E-state index contributed by atoms with van der Waals surface area (Å²) in [4.78, 5) is 0. The lowest BCUT2D eigenvalue weighted by Crippen LogP contribution is -2.10. The van der Waals surface area contributed by atoms with Crippen molar-refractivity contribution >= 4 is 23.2 Å². The van der Waals surface area contributed by atoms with Gasteiger partial charge in [0.15, 0.2) is 11.6 Å². The monoisotopic (exact) mass is 314 g/mol. The highest BCUT2D eigenvalue weighted by Gasteiger charge is 2.12. The number of alkyl halides is 1. The third-order valence-corrected chi connectivity index (χ3v) is 3.81. The Hall–Kier alpha value is -1.12. The van der Waals surface area contributed by atoms with Crippen molar-refractivity contribution in [1.82, 2.24) is 0 Å². The minimum Gasteiger partial charge on any atom is -0.204 e. The molecule has 0 aliphatic heterocycles. The highest BCUT2D eigenvalue weighted by molar-refractivity contribution is 6.30. The lowest BCUT2D eigenvalue weighted by atomic mass is 9.94. The Morgan fingerprint density at radius 3 is 2.20 bits per heavy atom. The van der Waals surface area contributed by atoms with Crippen LogP contribution in [0.15, 0.2) is 42.5 Å². The Morgan fingerprint density at radius 2 is 1.60 bits per heavy atom. The maximum Gasteiger partial charge on any atom is 0.159 e.